The average Bonchev–Trinajstić information content (AvgIpc) is 2.59. The maximum absolute atomic E-state index is 5.58. The molecule has 1 saturated carbocycles. The van der Waals surface area contributed by atoms with Crippen LogP contribution in [0.25, 0.3) is 0 Å². The molecule has 0 spiro atoms. The third-order valence-electron chi connectivity index (χ3n) is 3.12. The Balaban J connectivity index is 2.19. The molecule has 0 aliphatic heterocycles. The number of hydrogen-bond donors (Lipinski definition) is 2. The van der Waals surface area contributed by atoms with Gasteiger partial charge in [-0.1, -0.05) is 12.8 Å². The fourth-order valence-electron chi connectivity index (χ4n) is 2.15. The smallest absolute Gasteiger partial charge is 0.221 e. The molecule has 15 heavy (non-hydrogen) atoms. The molecule has 0 saturated heterocycles. The summed E-state index contributed by atoms with van der Waals surface area (Å²) < 4.78 is 0. The Morgan fingerprint density at radius 3 is 2.73 bits per heavy atom. The van der Waals surface area contributed by atoms with Crippen molar-refractivity contribution in [1.29, 1.82) is 0 Å². The van der Waals surface area contributed by atoms with E-state index in [0.29, 0.717) is 5.95 Å². The minimum atomic E-state index is 0.186. The van der Waals surface area contributed by atoms with Crippen LogP contribution in [0.4, 0.5) is 11.8 Å². The molecule has 3 N–H and O–H groups in total. The minimum absolute atomic E-state index is 0.186. The number of aromatic nitrogens is 2. The Morgan fingerprint density at radius 1 is 1.40 bits per heavy atom. The molecule has 4 nitrogen and oxygen atoms in total. The lowest BCUT2D eigenvalue weighted by molar-refractivity contribution is 0.530. The molecular formula is C11H18N4. The van der Waals surface area contributed by atoms with Crippen LogP contribution in [0.1, 0.15) is 38.2 Å². The number of rotatable bonds is 2. The van der Waals surface area contributed by atoms with E-state index in [9.17, 15) is 0 Å². The van der Waals surface area contributed by atoms with Crippen LogP contribution in [0.5, 0.6) is 0 Å². The maximum atomic E-state index is 5.58. The van der Waals surface area contributed by atoms with Crippen molar-refractivity contribution in [3.63, 3.8) is 0 Å². The Morgan fingerprint density at radius 2 is 2.07 bits per heavy atom. The van der Waals surface area contributed by atoms with E-state index >= 15 is 0 Å². The van der Waals surface area contributed by atoms with Gasteiger partial charge in [-0.2, -0.15) is 4.98 Å². The summed E-state index contributed by atoms with van der Waals surface area (Å²) in [6.07, 6.45) is 6.77. The largest absolute Gasteiger partial charge is 0.368 e. The van der Waals surface area contributed by atoms with Gasteiger partial charge in [0.2, 0.25) is 5.95 Å². The van der Waals surface area contributed by atoms with Gasteiger partial charge < -0.3 is 11.1 Å². The lowest BCUT2D eigenvalue weighted by Gasteiger charge is -2.26. The monoisotopic (exact) mass is 206 g/mol. The van der Waals surface area contributed by atoms with Crippen molar-refractivity contribution in [2.75, 3.05) is 11.1 Å². The fourth-order valence-corrected chi connectivity index (χ4v) is 2.15. The molecule has 0 bridgehead atoms. The Bertz CT molecular complexity index is 356. The number of nitrogens with two attached hydrogens (primary N) is 1. The van der Waals surface area contributed by atoms with Gasteiger partial charge in [0, 0.05) is 17.3 Å². The standard InChI is InChI=1S/C11H18N4/c1-8-7-13-10(12)14-9(8)15-11(2)5-3-4-6-11/h7H,3-6H2,1-2H3,(H3,12,13,14,15). The Hall–Kier alpha value is -1.32. The van der Waals surface area contributed by atoms with Gasteiger partial charge >= 0.3 is 0 Å². The first-order valence-electron chi connectivity index (χ1n) is 5.46. The second-order valence-electron chi connectivity index (χ2n) is 4.65. The lowest BCUT2D eigenvalue weighted by atomic mass is 10.0. The van der Waals surface area contributed by atoms with E-state index in [1.165, 1.54) is 25.7 Å². The summed E-state index contributed by atoms with van der Waals surface area (Å²) >= 11 is 0. The number of nitrogen functional groups attached to an aromatic ring is 1. The molecule has 1 aliphatic rings. The second-order valence-corrected chi connectivity index (χ2v) is 4.65. The molecule has 1 fully saturated rings. The van der Waals surface area contributed by atoms with Gasteiger partial charge in [-0.15, -0.1) is 0 Å². The zero-order valence-corrected chi connectivity index (χ0v) is 9.38. The van der Waals surface area contributed by atoms with Crippen LogP contribution in [0.15, 0.2) is 6.20 Å². The van der Waals surface area contributed by atoms with Crippen molar-refractivity contribution < 1.29 is 0 Å². The van der Waals surface area contributed by atoms with Crippen LogP contribution in [-0.2, 0) is 0 Å². The highest BCUT2D eigenvalue weighted by molar-refractivity contribution is 5.47. The van der Waals surface area contributed by atoms with Gasteiger partial charge in [0.25, 0.3) is 0 Å². The molecule has 2 rings (SSSR count). The number of hydrogen-bond acceptors (Lipinski definition) is 4. The lowest BCUT2D eigenvalue weighted by Crippen LogP contribution is -2.31. The SMILES string of the molecule is Cc1cnc(N)nc1NC1(C)CCCC1. The first-order valence-corrected chi connectivity index (χ1v) is 5.46. The molecule has 0 atom stereocenters. The summed E-state index contributed by atoms with van der Waals surface area (Å²) in [5, 5.41) is 3.50. The van der Waals surface area contributed by atoms with E-state index in [1.54, 1.807) is 6.20 Å². The molecule has 0 amide bonds. The molecule has 1 aromatic heterocycles. The predicted molar refractivity (Wildman–Crippen MR) is 61.7 cm³/mol. The van der Waals surface area contributed by atoms with Gasteiger partial charge in [0.1, 0.15) is 5.82 Å². The molecule has 4 heteroatoms. The molecule has 0 radical (unpaired) electrons. The number of nitrogens with one attached hydrogen (secondary N) is 1. The van der Waals surface area contributed by atoms with E-state index in [0.717, 1.165) is 11.4 Å². The maximum Gasteiger partial charge on any atom is 0.221 e. The minimum Gasteiger partial charge on any atom is -0.368 e. The second kappa shape index (κ2) is 3.68. The summed E-state index contributed by atoms with van der Waals surface area (Å²) in [6.45, 7) is 4.25. The highest BCUT2D eigenvalue weighted by Gasteiger charge is 2.29. The molecular weight excluding hydrogens is 188 g/mol. The number of anilines is 2. The molecule has 0 unspecified atom stereocenters. The van der Waals surface area contributed by atoms with Crippen molar-refractivity contribution in [3.8, 4) is 0 Å². The van der Waals surface area contributed by atoms with E-state index in [1.807, 2.05) is 6.92 Å². The van der Waals surface area contributed by atoms with Gasteiger partial charge in [-0.3, -0.25) is 0 Å². The Labute approximate surface area is 90.3 Å². The fraction of sp³-hybridized carbons (Fsp3) is 0.636. The average molecular weight is 206 g/mol. The predicted octanol–water partition coefficient (Wildman–Crippen LogP) is 2.11. The first kappa shape index (κ1) is 10.2. The zero-order valence-electron chi connectivity index (χ0n) is 9.38. The van der Waals surface area contributed by atoms with Crippen LogP contribution < -0.4 is 11.1 Å². The van der Waals surface area contributed by atoms with Crippen molar-refractivity contribution >= 4 is 11.8 Å². The van der Waals surface area contributed by atoms with Crippen LogP contribution in [-0.4, -0.2) is 15.5 Å². The topological polar surface area (TPSA) is 63.8 Å². The summed E-state index contributed by atoms with van der Waals surface area (Å²) in [5.74, 6) is 1.22. The van der Waals surface area contributed by atoms with E-state index in [2.05, 4.69) is 22.2 Å². The van der Waals surface area contributed by atoms with E-state index in [-0.39, 0.29) is 5.54 Å². The van der Waals surface area contributed by atoms with Gasteiger partial charge in [-0.05, 0) is 26.7 Å². The van der Waals surface area contributed by atoms with Crippen LogP contribution in [0.3, 0.4) is 0 Å². The first-order chi connectivity index (χ1) is 7.09. The number of nitrogens with zero attached hydrogens (tertiary/aromatic N) is 2. The van der Waals surface area contributed by atoms with E-state index in [4.69, 9.17) is 5.73 Å². The van der Waals surface area contributed by atoms with Crippen LogP contribution in [0.2, 0.25) is 0 Å². The highest BCUT2D eigenvalue weighted by atomic mass is 15.1. The molecule has 1 aromatic rings. The van der Waals surface area contributed by atoms with Gasteiger partial charge in [0.15, 0.2) is 0 Å². The summed E-state index contributed by atoms with van der Waals surface area (Å²) in [5.41, 5.74) is 6.82. The third kappa shape index (κ3) is 2.19. The van der Waals surface area contributed by atoms with Crippen molar-refractivity contribution in [2.45, 2.75) is 45.1 Å². The van der Waals surface area contributed by atoms with Crippen molar-refractivity contribution in [2.24, 2.45) is 0 Å². The van der Waals surface area contributed by atoms with Crippen LogP contribution in [0, 0.1) is 6.92 Å². The van der Waals surface area contributed by atoms with Crippen LogP contribution >= 0.6 is 0 Å². The number of aryl methyl sites for hydroxylation is 1. The molecule has 0 aromatic carbocycles. The molecule has 1 aliphatic carbocycles. The van der Waals surface area contributed by atoms with Crippen molar-refractivity contribution in [1.82, 2.24) is 9.97 Å². The molecule has 1 heterocycles. The summed E-state index contributed by atoms with van der Waals surface area (Å²) in [4.78, 5) is 8.20. The Kier molecular flexibility index (Phi) is 2.50. The van der Waals surface area contributed by atoms with Gasteiger partial charge in [-0.25, -0.2) is 4.98 Å². The highest BCUT2D eigenvalue weighted by Crippen LogP contribution is 2.32. The summed E-state index contributed by atoms with van der Waals surface area (Å²) in [7, 11) is 0. The zero-order chi connectivity index (χ0) is 10.9. The summed E-state index contributed by atoms with van der Waals surface area (Å²) in [6, 6.07) is 0. The van der Waals surface area contributed by atoms with Gasteiger partial charge in [0.05, 0.1) is 0 Å². The van der Waals surface area contributed by atoms with E-state index < -0.39 is 0 Å². The van der Waals surface area contributed by atoms with Crippen molar-refractivity contribution in [3.05, 3.63) is 11.8 Å². The normalized spacial score (nSPS) is 19.1. The third-order valence-corrected chi connectivity index (χ3v) is 3.12. The quantitative estimate of drug-likeness (QED) is 0.778. The molecule has 82 valence electrons.